The first-order valence-corrected chi connectivity index (χ1v) is 3.95. The van der Waals surface area contributed by atoms with Gasteiger partial charge in [0.05, 0.1) is 6.33 Å². The van der Waals surface area contributed by atoms with Gasteiger partial charge in [-0.2, -0.15) is 0 Å². The second-order valence-corrected chi connectivity index (χ2v) is 2.09. The van der Waals surface area contributed by atoms with Gasteiger partial charge in [0, 0.05) is 38.6 Å². The molecule has 0 unspecified atom stereocenters. The van der Waals surface area contributed by atoms with E-state index in [-0.39, 0.29) is 41.9 Å². The Hall–Kier alpha value is 0.189. The molecule has 5 nitrogen and oxygen atoms in total. The number of hydrogen-bond donors (Lipinski definition) is 4. The molecule has 0 aliphatic heterocycles. The molecule has 95 valence electrons. The Kier molecular flexibility index (Phi) is 38.7. The van der Waals surface area contributed by atoms with E-state index >= 15 is 0 Å². The number of aromatic amines is 1. The van der Waals surface area contributed by atoms with Crippen molar-refractivity contribution in [1.29, 1.82) is 0 Å². The number of halogens is 2. The first kappa shape index (κ1) is 24.4. The summed E-state index contributed by atoms with van der Waals surface area (Å²) in [7, 11) is 0. The molecule has 0 saturated carbocycles. The van der Waals surface area contributed by atoms with E-state index in [1.807, 2.05) is 0 Å². The van der Waals surface area contributed by atoms with Crippen LogP contribution in [-0.2, 0) is 17.1 Å². The predicted octanol–water partition coefficient (Wildman–Crippen LogP) is -7.09. The monoisotopic (exact) mass is 304 g/mol. The third-order valence-corrected chi connectivity index (χ3v) is 1.05. The number of nitrogens with two attached hydrogens (primary N) is 2. The molecule has 1 radical (unpaired) electrons. The van der Waals surface area contributed by atoms with E-state index in [0.717, 1.165) is 13.1 Å². The molecule has 0 fully saturated rings. The first-order chi connectivity index (χ1) is 5.91. The van der Waals surface area contributed by atoms with Crippen molar-refractivity contribution >= 4 is 0 Å². The van der Waals surface area contributed by atoms with Crippen LogP contribution in [0.15, 0.2) is 18.7 Å². The maximum absolute atomic E-state index is 5.17. The smallest absolute Gasteiger partial charge is 1.00 e. The van der Waals surface area contributed by atoms with Gasteiger partial charge < -0.3 is 46.6 Å². The number of nitrogens with zero attached hydrogens (tertiary/aromatic N) is 1. The van der Waals surface area contributed by atoms with Gasteiger partial charge >= 0.3 is 17.1 Å². The third kappa shape index (κ3) is 25.0. The number of H-pyrrole nitrogens is 1. The topological polar surface area (TPSA) is 92.7 Å². The molecule has 15 heavy (non-hydrogen) atoms. The zero-order valence-electron chi connectivity index (χ0n) is 8.22. The summed E-state index contributed by atoms with van der Waals surface area (Å²) in [4.78, 5) is 6.42. The zero-order chi connectivity index (χ0) is 9.07. The third-order valence-electron chi connectivity index (χ3n) is 1.05. The second-order valence-electron chi connectivity index (χ2n) is 2.09. The van der Waals surface area contributed by atoms with Crippen molar-refractivity contribution in [3.8, 4) is 0 Å². The van der Waals surface area contributed by atoms with Crippen LogP contribution in [0.4, 0.5) is 0 Å². The van der Waals surface area contributed by atoms with Gasteiger partial charge in [-0.1, -0.05) is 0 Å². The molecule has 1 heterocycles. The van der Waals surface area contributed by atoms with Crippen molar-refractivity contribution in [2.24, 2.45) is 11.5 Å². The summed E-state index contributed by atoms with van der Waals surface area (Å²) in [6.07, 6.45) is 5.08. The van der Waals surface area contributed by atoms with E-state index in [1.54, 1.807) is 18.7 Å². The van der Waals surface area contributed by atoms with Crippen LogP contribution < -0.4 is 41.6 Å². The fraction of sp³-hybridized carbons (Fsp3) is 0.571. The minimum atomic E-state index is 0. The van der Waals surface area contributed by atoms with Gasteiger partial charge in [-0.05, 0) is 0 Å². The standard InChI is InChI=1S/C4H13N3.C3H4N2.2ClH.Cu/c5-1-3-7-4-2-6;1-2-5-3-4-1;;;/h7H,1-6H2;1-3H,(H,4,5);2*1H;/q;;;;+2/p-2. The van der Waals surface area contributed by atoms with Crippen molar-refractivity contribution in [3.05, 3.63) is 18.7 Å². The summed E-state index contributed by atoms with van der Waals surface area (Å²) < 4.78 is 0. The Morgan fingerprint density at radius 2 is 1.67 bits per heavy atom. The van der Waals surface area contributed by atoms with Crippen molar-refractivity contribution in [2.45, 2.75) is 0 Å². The van der Waals surface area contributed by atoms with Crippen LogP contribution in [0.25, 0.3) is 0 Å². The normalized spacial score (nSPS) is 7.07. The minimum Gasteiger partial charge on any atom is -1.00 e. The predicted molar refractivity (Wildman–Crippen MR) is 49.6 cm³/mol. The van der Waals surface area contributed by atoms with Crippen LogP contribution in [0.5, 0.6) is 0 Å². The first-order valence-electron chi connectivity index (χ1n) is 3.95. The molecule has 0 saturated heterocycles. The maximum Gasteiger partial charge on any atom is 2.00 e. The van der Waals surface area contributed by atoms with E-state index in [9.17, 15) is 0 Å². The van der Waals surface area contributed by atoms with Crippen molar-refractivity contribution < 1.29 is 41.9 Å². The van der Waals surface area contributed by atoms with Crippen molar-refractivity contribution in [2.75, 3.05) is 26.2 Å². The molecule has 0 atom stereocenters. The Labute approximate surface area is 113 Å². The molecule has 0 amide bonds. The van der Waals surface area contributed by atoms with Gasteiger partial charge in [-0.15, -0.1) is 0 Å². The average molecular weight is 306 g/mol. The van der Waals surface area contributed by atoms with Crippen molar-refractivity contribution in [1.82, 2.24) is 15.3 Å². The molecule has 0 spiro atoms. The number of hydrogen-bond acceptors (Lipinski definition) is 4. The zero-order valence-corrected chi connectivity index (χ0v) is 10.7. The summed E-state index contributed by atoms with van der Waals surface area (Å²) in [6, 6.07) is 0. The van der Waals surface area contributed by atoms with Crippen LogP contribution in [0.2, 0.25) is 0 Å². The van der Waals surface area contributed by atoms with E-state index in [0.29, 0.717) is 13.1 Å². The summed E-state index contributed by atoms with van der Waals surface area (Å²) >= 11 is 0. The van der Waals surface area contributed by atoms with Gasteiger partial charge in [0.2, 0.25) is 0 Å². The van der Waals surface area contributed by atoms with Crippen LogP contribution in [0, 0.1) is 0 Å². The Morgan fingerprint density at radius 3 is 1.87 bits per heavy atom. The van der Waals surface area contributed by atoms with Gasteiger partial charge in [0.25, 0.3) is 0 Å². The molecule has 0 bridgehead atoms. The quantitative estimate of drug-likeness (QED) is 0.329. The van der Waals surface area contributed by atoms with E-state index in [1.165, 1.54) is 0 Å². The largest absolute Gasteiger partial charge is 2.00 e. The van der Waals surface area contributed by atoms with Crippen molar-refractivity contribution in [3.63, 3.8) is 0 Å². The second kappa shape index (κ2) is 23.8. The molecule has 0 aromatic carbocycles. The van der Waals surface area contributed by atoms with Gasteiger partial charge in [0.15, 0.2) is 0 Å². The van der Waals surface area contributed by atoms with Gasteiger partial charge in [-0.25, -0.2) is 4.98 Å². The molecule has 0 aliphatic carbocycles. The van der Waals surface area contributed by atoms with Gasteiger partial charge in [-0.3, -0.25) is 0 Å². The van der Waals surface area contributed by atoms with E-state index < -0.39 is 0 Å². The van der Waals surface area contributed by atoms with Crippen LogP contribution in [0.3, 0.4) is 0 Å². The fourth-order valence-electron chi connectivity index (χ4n) is 0.544. The fourth-order valence-corrected chi connectivity index (χ4v) is 0.544. The molecule has 1 rings (SSSR count). The minimum absolute atomic E-state index is 0. The molecular formula is C7H17Cl2CuN5. The molecule has 8 heteroatoms. The molecule has 1 aromatic heterocycles. The Balaban J connectivity index is -0.0000000687. The van der Waals surface area contributed by atoms with E-state index in [2.05, 4.69) is 15.3 Å². The summed E-state index contributed by atoms with van der Waals surface area (Å²) in [5.74, 6) is 0. The Morgan fingerprint density at radius 1 is 1.13 bits per heavy atom. The maximum atomic E-state index is 5.17. The summed E-state index contributed by atoms with van der Waals surface area (Å²) in [5, 5.41) is 3.03. The number of imidazole rings is 1. The van der Waals surface area contributed by atoms with Crippen LogP contribution in [-0.4, -0.2) is 36.1 Å². The SMILES string of the molecule is NCCNCCN.[Cl-].[Cl-].[Cu+2].c1c[nH]cn1. The number of nitrogens with one attached hydrogen (secondary N) is 2. The summed E-state index contributed by atoms with van der Waals surface area (Å²) in [5.41, 5.74) is 10.3. The van der Waals surface area contributed by atoms with Crippen LogP contribution >= 0.6 is 0 Å². The van der Waals surface area contributed by atoms with Crippen LogP contribution in [0.1, 0.15) is 0 Å². The van der Waals surface area contributed by atoms with E-state index in [4.69, 9.17) is 11.5 Å². The Bertz CT molecular complexity index is 132. The van der Waals surface area contributed by atoms with Gasteiger partial charge in [0.1, 0.15) is 0 Å². The number of rotatable bonds is 4. The number of aromatic nitrogens is 2. The average Bonchev–Trinajstić information content (AvgIpc) is 2.62. The molecular weight excluding hydrogens is 289 g/mol. The molecule has 1 aromatic rings. The molecule has 0 aliphatic rings. The molecule has 6 N–H and O–H groups in total. The summed E-state index contributed by atoms with van der Waals surface area (Å²) in [6.45, 7) is 3.13.